The Morgan fingerprint density at radius 3 is 2.94 bits per heavy atom. The number of hydrogen-bond acceptors (Lipinski definition) is 5. The lowest BCUT2D eigenvalue weighted by molar-refractivity contribution is -0.138. The second kappa shape index (κ2) is 5.35. The van der Waals surface area contributed by atoms with Crippen molar-refractivity contribution in [1.82, 2.24) is 25.2 Å². The van der Waals surface area contributed by atoms with Crippen molar-refractivity contribution in [2.24, 2.45) is 0 Å². The van der Waals surface area contributed by atoms with Gasteiger partial charge in [0.1, 0.15) is 5.69 Å². The highest BCUT2D eigenvalue weighted by molar-refractivity contribution is 5.67. The maximum Gasteiger partial charge on any atom is 0.305 e. The van der Waals surface area contributed by atoms with Crippen LogP contribution in [0.2, 0.25) is 0 Å². The quantitative estimate of drug-likeness (QED) is 0.852. The van der Waals surface area contributed by atoms with E-state index in [2.05, 4.69) is 20.5 Å². The topological polar surface area (TPSA) is 93.8 Å². The molecule has 2 rings (SSSR count). The average molecular weight is 247 g/mol. The molecule has 2 heterocycles. The lowest BCUT2D eigenvalue weighted by Gasteiger charge is -2.13. The van der Waals surface area contributed by atoms with Crippen LogP contribution in [0.3, 0.4) is 0 Å². The van der Waals surface area contributed by atoms with Crippen LogP contribution in [0.25, 0.3) is 11.5 Å². The lowest BCUT2D eigenvalue weighted by atomic mass is 10.1. The molecule has 1 atom stereocenters. The monoisotopic (exact) mass is 247 g/mol. The first-order valence-corrected chi connectivity index (χ1v) is 5.63. The molecule has 2 aromatic rings. The molecule has 0 amide bonds. The third-order valence-electron chi connectivity index (χ3n) is 2.61. The molecule has 0 radical (unpaired) electrons. The van der Waals surface area contributed by atoms with Gasteiger partial charge in [-0.1, -0.05) is 13.0 Å². The molecule has 0 aliphatic carbocycles. The zero-order chi connectivity index (χ0) is 13.0. The second-order valence-corrected chi connectivity index (χ2v) is 3.82. The summed E-state index contributed by atoms with van der Waals surface area (Å²) >= 11 is 0. The molecule has 0 aliphatic rings. The van der Waals surface area contributed by atoms with Gasteiger partial charge in [0, 0.05) is 6.20 Å². The minimum Gasteiger partial charge on any atom is -0.481 e. The van der Waals surface area contributed by atoms with Crippen LogP contribution >= 0.6 is 0 Å². The molecule has 0 saturated carbocycles. The number of rotatable bonds is 5. The second-order valence-electron chi connectivity index (χ2n) is 3.82. The number of hydrogen-bond donors (Lipinski definition) is 1. The van der Waals surface area contributed by atoms with Crippen LogP contribution in [-0.4, -0.2) is 36.3 Å². The summed E-state index contributed by atoms with van der Waals surface area (Å²) < 4.78 is 1.52. The molecular formula is C11H13N5O2. The van der Waals surface area contributed by atoms with E-state index >= 15 is 0 Å². The fourth-order valence-corrected chi connectivity index (χ4v) is 1.71. The molecule has 0 fully saturated rings. The third-order valence-corrected chi connectivity index (χ3v) is 2.61. The van der Waals surface area contributed by atoms with Crippen molar-refractivity contribution >= 4 is 5.97 Å². The Labute approximate surface area is 103 Å². The van der Waals surface area contributed by atoms with Crippen LogP contribution in [-0.2, 0) is 4.79 Å². The predicted octanol–water partition coefficient (Wildman–Crippen LogP) is 1.16. The van der Waals surface area contributed by atoms with Gasteiger partial charge < -0.3 is 5.11 Å². The van der Waals surface area contributed by atoms with Crippen molar-refractivity contribution in [2.45, 2.75) is 25.8 Å². The third kappa shape index (κ3) is 2.50. The van der Waals surface area contributed by atoms with Gasteiger partial charge in [-0.2, -0.15) is 0 Å². The summed E-state index contributed by atoms with van der Waals surface area (Å²) in [6, 6.07) is 5.15. The molecule has 1 N–H and O–H groups in total. The number of carbonyl (C=O) groups is 1. The minimum absolute atomic E-state index is 0.0125. The minimum atomic E-state index is -0.871. The number of aromatic nitrogens is 5. The smallest absolute Gasteiger partial charge is 0.305 e. The first-order chi connectivity index (χ1) is 8.72. The van der Waals surface area contributed by atoms with Crippen molar-refractivity contribution in [3.05, 3.63) is 24.4 Å². The van der Waals surface area contributed by atoms with E-state index in [0.29, 0.717) is 17.9 Å². The van der Waals surface area contributed by atoms with E-state index < -0.39 is 5.97 Å². The Bertz CT molecular complexity index is 525. The molecule has 0 bridgehead atoms. The van der Waals surface area contributed by atoms with E-state index in [1.165, 1.54) is 4.68 Å². The molecule has 0 aliphatic heterocycles. The van der Waals surface area contributed by atoms with Gasteiger partial charge >= 0.3 is 5.97 Å². The summed E-state index contributed by atoms with van der Waals surface area (Å²) in [5.41, 5.74) is 0.631. The van der Waals surface area contributed by atoms with E-state index in [9.17, 15) is 4.79 Å². The average Bonchev–Trinajstić information content (AvgIpc) is 2.86. The lowest BCUT2D eigenvalue weighted by Crippen LogP contribution is -2.15. The van der Waals surface area contributed by atoms with E-state index in [1.54, 1.807) is 18.3 Å². The van der Waals surface area contributed by atoms with E-state index in [-0.39, 0.29) is 12.5 Å². The number of nitrogens with zero attached hydrogens (tertiary/aromatic N) is 5. The zero-order valence-electron chi connectivity index (χ0n) is 9.89. The largest absolute Gasteiger partial charge is 0.481 e. The SMILES string of the molecule is CCC(CC(=O)O)n1nnnc1-c1ccccn1. The maximum absolute atomic E-state index is 10.8. The summed E-state index contributed by atoms with van der Waals surface area (Å²) in [6.07, 6.45) is 2.27. The number of tetrazole rings is 1. The van der Waals surface area contributed by atoms with Gasteiger partial charge in [0.15, 0.2) is 0 Å². The van der Waals surface area contributed by atoms with Gasteiger partial charge in [-0.25, -0.2) is 4.68 Å². The fourth-order valence-electron chi connectivity index (χ4n) is 1.71. The molecule has 2 aromatic heterocycles. The number of carboxylic acids is 1. The van der Waals surface area contributed by atoms with Gasteiger partial charge in [-0.05, 0) is 29.0 Å². The van der Waals surface area contributed by atoms with Crippen LogP contribution in [0.4, 0.5) is 0 Å². The van der Waals surface area contributed by atoms with Crippen LogP contribution in [0, 0.1) is 0 Å². The van der Waals surface area contributed by atoms with Crippen LogP contribution in [0.15, 0.2) is 24.4 Å². The van der Waals surface area contributed by atoms with Crippen molar-refractivity contribution < 1.29 is 9.90 Å². The number of pyridine rings is 1. The molecular weight excluding hydrogens is 234 g/mol. The van der Waals surface area contributed by atoms with Gasteiger partial charge in [0.2, 0.25) is 5.82 Å². The summed E-state index contributed by atoms with van der Waals surface area (Å²) in [5, 5.41) is 20.3. The summed E-state index contributed by atoms with van der Waals surface area (Å²) in [6.45, 7) is 1.90. The zero-order valence-corrected chi connectivity index (χ0v) is 9.89. The molecule has 1 unspecified atom stereocenters. The van der Waals surface area contributed by atoms with Crippen LogP contribution in [0.1, 0.15) is 25.8 Å². The Hall–Kier alpha value is -2.31. The van der Waals surface area contributed by atoms with Crippen molar-refractivity contribution in [3.63, 3.8) is 0 Å². The fraction of sp³-hybridized carbons (Fsp3) is 0.364. The molecule has 0 spiro atoms. The molecule has 7 nitrogen and oxygen atoms in total. The van der Waals surface area contributed by atoms with Crippen LogP contribution < -0.4 is 0 Å². The van der Waals surface area contributed by atoms with Gasteiger partial charge in [-0.15, -0.1) is 5.10 Å². The standard InChI is InChI=1S/C11H13N5O2/c1-2-8(7-10(17)18)16-11(13-14-15-16)9-5-3-4-6-12-9/h3-6,8H,2,7H2,1H3,(H,17,18). The highest BCUT2D eigenvalue weighted by Gasteiger charge is 2.20. The van der Waals surface area contributed by atoms with Crippen molar-refractivity contribution in [1.29, 1.82) is 0 Å². The molecule has 7 heteroatoms. The first-order valence-electron chi connectivity index (χ1n) is 5.63. The number of aliphatic carboxylic acids is 1. The van der Waals surface area contributed by atoms with E-state index in [4.69, 9.17) is 5.11 Å². The molecule has 18 heavy (non-hydrogen) atoms. The Morgan fingerprint density at radius 1 is 1.50 bits per heavy atom. The summed E-state index contributed by atoms with van der Waals surface area (Å²) in [5.74, 6) is -0.381. The van der Waals surface area contributed by atoms with Crippen molar-refractivity contribution in [3.8, 4) is 11.5 Å². The highest BCUT2D eigenvalue weighted by Crippen LogP contribution is 2.21. The highest BCUT2D eigenvalue weighted by atomic mass is 16.4. The van der Waals surface area contributed by atoms with Gasteiger partial charge in [0.25, 0.3) is 0 Å². The van der Waals surface area contributed by atoms with Gasteiger partial charge in [0.05, 0.1) is 12.5 Å². The van der Waals surface area contributed by atoms with E-state index in [1.807, 2.05) is 13.0 Å². The molecule has 0 aromatic carbocycles. The first kappa shape index (κ1) is 12.2. The summed E-state index contributed by atoms with van der Waals surface area (Å²) in [4.78, 5) is 15.0. The Balaban J connectivity index is 2.35. The van der Waals surface area contributed by atoms with Gasteiger partial charge in [-0.3, -0.25) is 9.78 Å². The Kier molecular flexibility index (Phi) is 3.61. The van der Waals surface area contributed by atoms with E-state index in [0.717, 1.165) is 0 Å². The molecule has 94 valence electrons. The Morgan fingerprint density at radius 2 is 2.33 bits per heavy atom. The number of carboxylic acid groups (broad SMARTS) is 1. The predicted molar refractivity (Wildman–Crippen MR) is 62.6 cm³/mol. The normalized spacial score (nSPS) is 12.3. The summed E-state index contributed by atoms with van der Waals surface area (Å²) in [7, 11) is 0. The molecule has 0 saturated heterocycles. The van der Waals surface area contributed by atoms with Crippen molar-refractivity contribution in [2.75, 3.05) is 0 Å². The maximum atomic E-state index is 10.8. The van der Waals surface area contributed by atoms with Crippen LogP contribution in [0.5, 0.6) is 0 Å².